The number of hydrogen-bond donors (Lipinski definition) is 0. The molecule has 0 N–H and O–H groups in total. The zero-order chi connectivity index (χ0) is 25.1. The Labute approximate surface area is 211 Å². The van der Waals surface area contributed by atoms with Crippen molar-refractivity contribution in [2.45, 2.75) is 25.3 Å². The van der Waals surface area contributed by atoms with Gasteiger partial charge in [0.25, 0.3) is 0 Å². The molecule has 6 nitrogen and oxygen atoms in total. The summed E-state index contributed by atoms with van der Waals surface area (Å²) in [5.41, 5.74) is 3.99. The summed E-state index contributed by atoms with van der Waals surface area (Å²) < 4.78 is 33.2. The highest BCUT2D eigenvalue weighted by atomic mass is 35.5. The van der Waals surface area contributed by atoms with Crippen LogP contribution < -0.4 is 9.47 Å². The molecule has 1 aromatic heterocycles. The lowest BCUT2D eigenvalue weighted by molar-refractivity contribution is -0.688. The zero-order valence-electron chi connectivity index (χ0n) is 19.2. The molecule has 0 saturated heterocycles. The van der Waals surface area contributed by atoms with Gasteiger partial charge >= 0.3 is 0 Å². The van der Waals surface area contributed by atoms with Crippen LogP contribution in [0.5, 0.6) is 0 Å². The van der Waals surface area contributed by atoms with E-state index in [1.54, 1.807) is 19.1 Å². The number of nitrogens with zero attached hydrogens (tertiary/aromatic N) is 2. The van der Waals surface area contributed by atoms with Gasteiger partial charge in [0.2, 0.25) is 0 Å². The van der Waals surface area contributed by atoms with Crippen LogP contribution in [-0.4, -0.2) is 43.6 Å². The minimum Gasteiger partial charge on any atom is -0.744 e. The molecule has 0 radical (unpaired) electrons. The molecular weight excluding hydrogens is 495 g/mol. The van der Waals surface area contributed by atoms with Gasteiger partial charge in [-0.1, -0.05) is 29.8 Å². The van der Waals surface area contributed by atoms with Crippen molar-refractivity contribution >= 4 is 44.8 Å². The minimum atomic E-state index is -4.27. The van der Waals surface area contributed by atoms with E-state index in [1.807, 2.05) is 31.5 Å². The summed E-state index contributed by atoms with van der Waals surface area (Å²) in [7, 11) is -4.27. The van der Waals surface area contributed by atoms with Gasteiger partial charge in [0, 0.05) is 53.8 Å². The number of aryl methyl sites for hydroxylation is 1. The molecule has 0 aliphatic rings. The van der Waals surface area contributed by atoms with E-state index in [9.17, 15) is 17.8 Å². The standard InChI is InChI=1S/C18H21Cl2N2O.C7H8O3S/c1-15(23)17-6-10-21(11-7-17)14-16-2-4-18(5-3-16)22(12-8-19)13-9-20;1-6-2-4-7(5-3-6)11(8,9)10/h2-7,10-11H,8-9,12-14H2,1H3;2-5H,1H3,(H,8,9,10)/q+1;/p-1. The Balaban J connectivity index is 0.000000310. The molecule has 0 saturated carbocycles. The van der Waals surface area contributed by atoms with Gasteiger partial charge in [-0.3, -0.25) is 4.79 Å². The molecule has 2 aromatic carbocycles. The summed E-state index contributed by atoms with van der Waals surface area (Å²) in [6.45, 7) is 5.74. The lowest BCUT2D eigenvalue weighted by Gasteiger charge is -2.22. The van der Waals surface area contributed by atoms with Crippen molar-refractivity contribution in [1.29, 1.82) is 0 Å². The minimum absolute atomic E-state index is 0.0835. The van der Waals surface area contributed by atoms with Crippen LogP contribution >= 0.6 is 23.2 Å². The summed E-state index contributed by atoms with van der Waals surface area (Å²) in [6.07, 6.45) is 3.86. The number of Topliss-reactive ketones (excluding diaryl/α,β-unsaturated/α-hetero) is 1. The first-order valence-electron chi connectivity index (χ1n) is 10.6. The van der Waals surface area contributed by atoms with E-state index in [0.717, 1.165) is 36.4 Å². The summed E-state index contributed by atoms with van der Waals surface area (Å²) in [6, 6.07) is 17.9. The molecule has 3 aromatic rings. The van der Waals surface area contributed by atoms with Crippen molar-refractivity contribution in [2.75, 3.05) is 29.7 Å². The fourth-order valence-corrected chi connectivity index (χ4v) is 3.98. The average molecular weight is 523 g/mol. The van der Waals surface area contributed by atoms with E-state index in [4.69, 9.17) is 23.2 Å². The Morgan fingerprint density at radius 3 is 1.88 bits per heavy atom. The third-order valence-electron chi connectivity index (χ3n) is 4.98. The van der Waals surface area contributed by atoms with Gasteiger partial charge < -0.3 is 9.45 Å². The lowest BCUT2D eigenvalue weighted by Crippen LogP contribution is -2.33. The van der Waals surface area contributed by atoms with Gasteiger partial charge in [-0.05, 0) is 38.1 Å². The number of rotatable bonds is 9. The van der Waals surface area contributed by atoms with Crippen LogP contribution in [0, 0.1) is 6.92 Å². The maximum Gasteiger partial charge on any atom is 0.173 e. The summed E-state index contributed by atoms with van der Waals surface area (Å²) in [5, 5.41) is 0. The number of ketones is 1. The van der Waals surface area contributed by atoms with Gasteiger partial charge in [0.05, 0.1) is 4.90 Å². The number of carbonyl (C=O) groups is 1. The Morgan fingerprint density at radius 1 is 0.912 bits per heavy atom. The molecule has 34 heavy (non-hydrogen) atoms. The van der Waals surface area contributed by atoms with Crippen molar-refractivity contribution in [3.63, 3.8) is 0 Å². The molecule has 0 atom stereocenters. The van der Waals surface area contributed by atoms with Gasteiger partial charge in [-0.25, -0.2) is 13.0 Å². The fraction of sp³-hybridized carbons (Fsp3) is 0.280. The number of aromatic nitrogens is 1. The van der Waals surface area contributed by atoms with E-state index in [2.05, 4.69) is 33.7 Å². The molecule has 0 aliphatic carbocycles. The van der Waals surface area contributed by atoms with Crippen LogP contribution in [0.3, 0.4) is 0 Å². The molecule has 0 amide bonds. The van der Waals surface area contributed by atoms with E-state index < -0.39 is 10.1 Å². The largest absolute Gasteiger partial charge is 0.744 e. The third kappa shape index (κ3) is 9.06. The molecule has 0 aliphatic heterocycles. The van der Waals surface area contributed by atoms with Gasteiger partial charge in [-0.2, -0.15) is 0 Å². The third-order valence-corrected chi connectivity index (χ3v) is 6.17. The molecule has 1 heterocycles. The number of halogens is 2. The SMILES string of the molecule is CC(=O)c1cc[n+](Cc2ccc(N(CCCl)CCCl)cc2)cc1.Cc1ccc(S(=O)(=O)[O-])cc1. The maximum atomic E-state index is 11.3. The van der Waals surface area contributed by atoms with E-state index >= 15 is 0 Å². The summed E-state index contributed by atoms with van der Waals surface area (Å²) >= 11 is 11.7. The highest BCUT2D eigenvalue weighted by molar-refractivity contribution is 7.85. The van der Waals surface area contributed by atoms with Gasteiger partial charge in [0.15, 0.2) is 24.7 Å². The van der Waals surface area contributed by atoms with E-state index in [-0.39, 0.29) is 10.7 Å². The predicted molar refractivity (Wildman–Crippen MR) is 135 cm³/mol. The van der Waals surface area contributed by atoms with Crippen LogP contribution in [-0.2, 0) is 16.7 Å². The molecule has 9 heteroatoms. The summed E-state index contributed by atoms with van der Waals surface area (Å²) in [5.74, 6) is 1.24. The normalized spacial score (nSPS) is 10.9. The first-order valence-corrected chi connectivity index (χ1v) is 13.1. The fourth-order valence-electron chi connectivity index (χ4n) is 3.10. The first kappa shape index (κ1) is 27.8. The van der Waals surface area contributed by atoms with Crippen molar-refractivity contribution in [3.05, 3.63) is 89.7 Å². The van der Waals surface area contributed by atoms with Crippen LogP contribution in [0.25, 0.3) is 0 Å². The number of hydrogen-bond acceptors (Lipinski definition) is 5. The van der Waals surface area contributed by atoms with Crippen molar-refractivity contribution < 1.29 is 22.3 Å². The maximum absolute atomic E-state index is 11.3. The van der Waals surface area contributed by atoms with Crippen molar-refractivity contribution in [2.24, 2.45) is 0 Å². The average Bonchev–Trinajstić information content (AvgIpc) is 2.80. The smallest absolute Gasteiger partial charge is 0.173 e. The zero-order valence-corrected chi connectivity index (χ0v) is 21.5. The number of anilines is 1. The molecule has 0 fully saturated rings. The monoisotopic (exact) mass is 522 g/mol. The van der Waals surface area contributed by atoms with Crippen LogP contribution in [0.2, 0.25) is 0 Å². The molecule has 0 unspecified atom stereocenters. The van der Waals surface area contributed by atoms with Crippen LogP contribution in [0.1, 0.15) is 28.4 Å². The van der Waals surface area contributed by atoms with Crippen molar-refractivity contribution in [1.82, 2.24) is 0 Å². The Morgan fingerprint density at radius 2 is 1.44 bits per heavy atom. The van der Waals surface area contributed by atoms with E-state index in [0.29, 0.717) is 11.8 Å². The number of pyridine rings is 1. The second-order valence-electron chi connectivity index (χ2n) is 7.61. The Bertz CT molecular complexity index is 1150. The number of alkyl halides is 2. The molecule has 0 spiro atoms. The molecular formula is C25H28Cl2N2O4S. The second-order valence-corrected chi connectivity index (χ2v) is 9.75. The number of benzene rings is 2. The van der Waals surface area contributed by atoms with Crippen molar-refractivity contribution in [3.8, 4) is 0 Å². The second kappa shape index (κ2) is 13.4. The van der Waals surface area contributed by atoms with Crippen LogP contribution in [0.15, 0.2) is 78.0 Å². The Kier molecular flexibility index (Phi) is 11.0. The topological polar surface area (TPSA) is 81.4 Å². The van der Waals surface area contributed by atoms with Gasteiger partial charge in [-0.15, -0.1) is 23.2 Å². The quantitative estimate of drug-likeness (QED) is 0.180. The highest BCUT2D eigenvalue weighted by Crippen LogP contribution is 2.15. The highest BCUT2D eigenvalue weighted by Gasteiger charge is 2.08. The lowest BCUT2D eigenvalue weighted by atomic mass is 10.1. The van der Waals surface area contributed by atoms with Gasteiger partial charge in [0.1, 0.15) is 10.1 Å². The Hall–Kier alpha value is -2.45. The molecule has 182 valence electrons. The molecule has 3 rings (SSSR count). The predicted octanol–water partition coefficient (Wildman–Crippen LogP) is 4.41. The first-order chi connectivity index (χ1) is 16.1. The van der Waals surface area contributed by atoms with Crippen LogP contribution in [0.4, 0.5) is 5.69 Å². The summed E-state index contributed by atoms with van der Waals surface area (Å²) in [4.78, 5) is 13.3. The van der Waals surface area contributed by atoms with E-state index in [1.165, 1.54) is 17.7 Å². The number of carbonyl (C=O) groups excluding carboxylic acids is 1. The molecule has 0 bridgehead atoms.